The maximum absolute atomic E-state index is 11.5. The number of aromatic hydroxyl groups is 1. The lowest BCUT2D eigenvalue weighted by Gasteiger charge is -2.05. The summed E-state index contributed by atoms with van der Waals surface area (Å²) < 4.78 is 10.1. The van der Waals surface area contributed by atoms with E-state index in [1.807, 2.05) is 13.8 Å². The zero-order valence-corrected chi connectivity index (χ0v) is 9.97. The number of esters is 1. The lowest BCUT2D eigenvalue weighted by atomic mass is 10.2. The number of benzene rings is 1. The zero-order chi connectivity index (χ0) is 12.7. The Hall–Kier alpha value is -1.97. The van der Waals surface area contributed by atoms with Gasteiger partial charge in [0.25, 0.3) is 0 Å². The van der Waals surface area contributed by atoms with Gasteiger partial charge in [-0.15, -0.1) is 0 Å². The largest absolute Gasteiger partial charge is 0.508 e. The van der Waals surface area contributed by atoms with E-state index in [-0.39, 0.29) is 12.4 Å². The quantitative estimate of drug-likeness (QED) is 0.485. The van der Waals surface area contributed by atoms with E-state index < -0.39 is 5.97 Å². The van der Waals surface area contributed by atoms with E-state index in [0.717, 1.165) is 5.57 Å². The van der Waals surface area contributed by atoms with Gasteiger partial charge in [-0.25, -0.2) is 4.79 Å². The molecule has 0 saturated carbocycles. The van der Waals surface area contributed by atoms with Crippen molar-refractivity contribution >= 4 is 5.97 Å². The monoisotopic (exact) mass is 236 g/mol. The highest BCUT2D eigenvalue weighted by molar-refractivity contribution is 5.89. The maximum atomic E-state index is 11.5. The second-order valence-electron chi connectivity index (χ2n) is 3.75. The summed E-state index contributed by atoms with van der Waals surface area (Å²) in [6, 6.07) is 5.90. The number of hydrogen-bond donors (Lipinski definition) is 1. The molecule has 17 heavy (non-hydrogen) atoms. The molecule has 4 heteroatoms. The number of carbonyl (C=O) groups excluding carboxylic acids is 1. The number of carbonyl (C=O) groups is 1. The molecule has 1 N–H and O–H groups in total. The third-order valence-electron chi connectivity index (χ3n) is 1.86. The Labute approximate surface area is 100 Å². The van der Waals surface area contributed by atoms with Crippen molar-refractivity contribution in [1.82, 2.24) is 0 Å². The molecule has 0 aliphatic heterocycles. The van der Waals surface area contributed by atoms with Gasteiger partial charge in [0.1, 0.15) is 19.0 Å². The Morgan fingerprint density at radius 2 is 1.88 bits per heavy atom. The fourth-order valence-electron chi connectivity index (χ4n) is 1.09. The van der Waals surface area contributed by atoms with Crippen LogP contribution in [0, 0.1) is 0 Å². The van der Waals surface area contributed by atoms with Crippen molar-refractivity contribution < 1.29 is 19.4 Å². The van der Waals surface area contributed by atoms with Crippen LogP contribution in [0.25, 0.3) is 0 Å². The van der Waals surface area contributed by atoms with Gasteiger partial charge in [0.15, 0.2) is 0 Å². The zero-order valence-electron chi connectivity index (χ0n) is 9.97. The highest BCUT2D eigenvalue weighted by atomic mass is 16.6. The number of phenolic OH excluding ortho intramolecular Hbond substituents is 1. The lowest BCUT2D eigenvalue weighted by Crippen LogP contribution is -2.09. The first-order chi connectivity index (χ1) is 8.09. The maximum Gasteiger partial charge on any atom is 0.338 e. The molecule has 0 saturated heterocycles. The predicted molar refractivity (Wildman–Crippen MR) is 63.8 cm³/mol. The van der Waals surface area contributed by atoms with Crippen molar-refractivity contribution in [1.29, 1.82) is 0 Å². The van der Waals surface area contributed by atoms with E-state index in [4.69, 9.17) is 14.6 Å². The summed E-state index contributed by atoms with van der Waals surface area (Å²) in [5.74, 6) is -0.306. The molecule has 92 valence electrons. The topological polar surface area (TPSA) is 55.8 Å². The van der Waals surface area contributed by atoms with Crippen LogP contribution in [0.3, 0.4) is 0 Å². The van der Waals surface area contributed by atoms with Gasteiger partial charge in [0, 0.05) is 0 Å². The van der Waals surface area contributed by atoms with Crippen LogP contribution in [0.2, 0.25) is 0 Å². The van der Waals surface area contributed by atoms with E-state index in [0.29, 0.717) is 12.2 Å². The summed E-state index contributed by atoms with van der Waals surface area (Å²) in [6.07, 6.45) is 1.62. The summed E-state index contributed by atoms with van der Waals surface area (Å²) in [5, 5.41) is 9.06. The molecule has 0 unspecified atom stereocenters. The molecule has 0 amide bonds. The van der Waals surface area contributed by atoms with E-state index in [1.54, 1.807) is 6.26 Å². The molecule has 1 aromatic rings. The van der Waals surface area contributed by atoms with E-state index in [9.17, 15) is 4.79 Å². The van der Waals surface area contributed by atoms with Gasteiger partial charge < -0.3 is 14.6 Å². The molecule has 4 nitrogen and oxygen atoms in total. The minimum atomic E-state index is -0.425. The second kappa shape index (κ2) is 6.58. The Morgan fingerprint density at radius 3 is 2.47 bits per heavy atom. The van der Waals surface area contributed by atoms with Gasteiger partial charge >= 0.3 is 5.97 Å². The van der Waals surface area contributed by atoms with E-state index >= 15 is 0 Å². The third kappa shape index (κ3) is 5.06. The number of allylic oxidation sites excluding steroid dienone is 1. The van der Waals surface area contributed by atoms with Gasteiger partial charge in [0.2, 0.25) is 0 Å². The summed E-state index contributed by atoms with van der Waals surface area (Å²) >= 11 is 0. The van der Waals surface area contributed by atoms with Crippen LogP contribution in [0.4, 0.5) is 0 Å². The molecule has 0 aliphatic carbocycles. The molecule has 0 fully saturated rings. The number of phenols is 1. The highest BCUT2D eigenvalue weighted by Crippen LogP contribution is 2.10. The average molecular weight is 236 g/mol. The lowest BCUT2D eigenvalue weighted by molar-refractivity contribution is 0.0419. The fourth-order valence-corrected chi connectivity index (χ4v) is 1.09. The van der Waals surface area contributed by atoms with Crippen LogP contribution in [0.15, 0.2) is 36.1 Å². The average Bonchev–Trinajstić information content (AvgIpc) is 2.29. The van der Waals surface area contributed by atoms with E-state index in [2.05, 4.69) is 0 Å². The summed E-state index contributed by atoms with van der Waals surface area (Å²) in [5.41, 5.74) is 1.46. The van der Waals surface area contributed by atoms with Crippen LogP contribution in [-0.4, -0.2) is 24.3 Å². The first kappa shape index (κ1) is 13.1. The Bertz CT molecular complexity index is 388. The standard InChI is InChI=1S/C13H16O4/c1-10(2)9-16-7-8-17-13(15)11-3-5-12(14)6-4-11/h3-6,9,14H,7-8H2,1-2H3. The SMILES string of the molecule is CC(C)=COCCOC(=O)c1ccc(O)cc1. The molecule has 0 heterocycles. The molecule has 0 aliphatic rings. The first-order valence-corrected chi connectivity index (χ1v) is 5.30. The molecular formula is C13H16O4. The minimum Gasteiger partial charge on any atom is -0.508 e. The third-order valence-corrected chi connectivity index (χ3v) is 1.86. The molecule has 0 aromatic heterocycles. The summed E-state index contributed by atoms with van der Waals surface area (Å²) in [4.78, 5) is 11.5. The molecule has 1 aromatic carbocycles. The van der Waals surface area contributed by atoms with Crippen molar-refractivity contribution in [3.05, 3.63) is 41.7 Å². The van der Waals surface area contributed by atoms with Crippen molar-refractivity contribution in [3.8, 4) is 5.75 Å². The Kier molecular flexibility index (Phi) is 5.07. The predicted octanol–water partition coefficient (Wildman–Crippen LogP) is 2.49. The van der Waals surface area contributed by atoms with Crippen LogP contribution in [0.5, 0.6) is 5.75 Å². The van der Waals surface area contributed by atoms with Gasteiger partial charge in [-0.2, -0.15) is 0 Å². The van der Waals surface area contributed by atoms with Gasteiger partial charge in [-0.05, 0) is 43.7 Å². The van der Waals surface area contributed by atoms with Crippen LogP contribution in [-0.2, 0) is 9.47 Å². The first-order valence-electron chi connectivity index (χ1n) is 5.30. The minimum absolute atomic E-state index is 0.119. The number of rotatable bonds is 5. The van der Waals surface area contributed by atoms with Crippen LogP contribution in [0.1, 0.15) is 24.2 Å². The van der Waals surface area contributed by atoms with Gasteiger partial charge in [-0.1, -0.05) is 0 Å². The molecule has 0 spiro atoms. The van der Waals surface area contributed by atoms with Crippen LogP contribution >= 0.6 is 0 Å². The fraction of sp³-hybridized carbons (Fsp3) is 0.308. The highest BCUT2D eigenvalue weighted by Gasteiger charge is 2.05. The van der Waals surface area contributed by atoms with Crippen molar-refractivity contribution in [2.24, 2.45) is 0 Å². The Morgan fingerprint density at radius 1 is 1.24 bits per heavy atom. The van der Waals surface area contributed by atoms with Crippen molar-refractivity contribution in [3.63, 3.8) is 0 Å². The normalized spacial score (nSPS) is 9.53. The van der Waals surface area contributed by atoms with E-state index in [1.165, 1.54) is 24.3 Å². The summed E-state index contributed by atoms with van der Waals surface area (Å²) in [7, 11) is 0. The van der Waals surface area contributed by atoms with Gasteiger partial charge in [-0.3, -0.25) is 0 Å². The van der Waals surface area contributed by atoms with Crippen molar-refractivity contribution in [2.75, 3.05) is 13.2 Å². The molecule has 1 rings (SSSR count). The molecule has 0 bridgehead atoms. The number of hydrogen-bond acceptors (Lipinski definition) is 4. The summed E-state index contributed by atoms with van der Waals surface area (Å²) in [6.45, 7) is 4.36. The molecular weight excluding hydrogens is 220 g/mol. The molecule has 0 atom stereocenters. The number of ether oxygens (including phenoxy) is 2. The smallest absolute Gasteiger partial charge is 0.338 e. The second-order valence-corrected chi connectivity index (χ2v) is 3.75. The Balaban J connectivity index is 2.30. The van der Waals surface area contributed by atoms with Crippen LogP contribution < -0.4 is 0 Å². The van der Waals surface area contributed by atoms with Gasteiger partial charge in [0.05, 0.1) is 11.8 Å². The van der Waals surface area contributed by atoms with Crippen molar-refractivity contribution in [2.45, 2.75) is 13.8 Å². The molecule has 0 radical (unpaired) electrons.